The molecule has 0 spiro atoms. The predicted octanol–water partition coefficient (Wildman–Crippen LogP) is 4.89. The summed E-state index contributed by atoms with van der Waals surface area (Å²) in [6, 6.07) is 10.0. The van der Waals surface area contributed by atoms with Gasteiger partial charge in [0.1, 0.15) is 0 Å². The molecule has 1 heterocycles. The molecule has 100 valence electrons. The molecule has 2 rings (SSSR count). The fourth-order valence-electron chi connectivity index (χ4n) is 2.32. The summed E-state index contributed by atoms with van der Waals surface area (Å²) in [6.45, 7) is 10.5. The Hall–Kier alpha value is -1.41. The third-order valence-corrected chi connectivity index (χ3v) is 4.38. The average molecular weight is 272 g/mol. The van der Waals surface area contributed by atoms with Crippen LogP contribution in [0.3, 0.4) is 0 Å². The minimum atomic E-state index is -0.0214. The molecule has 2 heteroatoms. The number of rotatable bonds is 2. The summed E-state index contributed by atoms with van der Waals surface area (Å²) >= 11 is 1.59. The zero-order valence-electron chi connectivity index (χ0n) is 12.2. The fourth-order valence-corrected chi connectivity index (χ4v) is 3.30. The Morgan fingerprint density at radius 3 is 2.26 bits per heavy atom. The van der Waals surface area contributed by atoms with Gasteiger partial charge in [0.15, 0.2) is 0 Å². The van der Waals surface area contributed by atoms with E-state index in [2.05, 4.69) is 32.9 Å². The molecule has 0 aliphatic carbocycles. The van der Waals surface area contributed by atoms with Gasteiger partial charge < -0.3 is 0 Å². The lowest BCUT2D eigenvalue weighted by atomic mass is 9.82. The van der Waals surface area contributed by atoms with E-state index in [1.807, 2.05) is 32.0 Å². The minimum Gasteiger partial charge on any atom is -0.288 e. The molecule has 1 aromatic carbocycles. The monoisotopic (exact) mass is 272 g/mol. The molecule has 0 atom stereocenters. The second kappa shape index (κ2) is 4.93. The van der Waals surface area contributed by atoms with Crippen molar-refractivity contribution in [2.45, 2.75) is 40.0 Å². The van der Waals surface area contributed by atoms with Crippen molar-refractivity contribution in [3.05, 3.63) is 56.8 Å². The minimum absolute atomic E-state index is 0.0214. The molecule has 0 saturated heterocycles. The van der Waals surface area contributed by atoms with Crippen molar-refractivity contribution in [2.24, 2.45) is 0 Å². The van der Waals surface area contributed by atoms with Crippen LogP contribution in [0.15, 0.2) is 30.3 Å². The number of ketones is 1. The number of thiophene rings is 1. The third-order valence-electron chi connectivity index (χ3n) is 3.23. The van der Waals surface area contributed by atoms with Crippen molar-refractivity contribution in [1.29, 1.82) is 0 Å². The number of carbonyl (C=O) groups excluding carboxylic acids is 1. The summed E-state index contributed by atoms with van der Waals surface area (Å²) < 4.78 is 0. The Morgan fingerprint density at radius 1 is 1.11 bits per heavy atom. The molecule has 0 bridgehead atoms. The molecule has 19 heavy (non-hydrogen) atoms. The zero-order chi connectivity index (χ0) is 14.2. The predicted molar refractivity (Wildman–Crippen MR) is 82.4 cm³/mol. The van der Waals surface area contributed by atoms with Crippen LogP contribution in [0.25, 0.3) is 0 Å². The van der Waals surface area contributed by atoms with Gasteiger partial charge in [0.05, 0.1) is 4.88 Å². The first-order valence-electron chi connectivity index (χ1n) is 6.52. The van der Waals surface area contributed by atoms with Gasteiger partial charge in [-0.15, -0.1) is 11.3 Å². The summed E-state index contributed by atoms with van der Waals surface area (Å²) in [7, 11) is 0. The third kappa shape index (κ3) is 2.79. The number of hydrogen-bond donors (Lipinski definition) is 0. The van der Waals surface area contributed by atoms with Crippen LogP contribution in [-0.4, -0.2) is 5.78 Å². The van der Waals surface area contributed by atoms with Crippen LogP contribution >= 0.6 is 11.3 Å². The van der Waals surface area contributed by atoms with E-state index < -0.39 is 0 Å². The summed E-state index contributed by atoms with van der Waals surface area (Å²) in [4.78, 5) is 14.8. The van der Waals surface area contributed by atoms with Crippen LogP contribution in [0, 0.1) is 13.8 Å². The van der Waals surface area contributed by atoms with Gasteiger partial charge in [0.2, 0.25) is 5.78 Å². The highest BCUT2D eigenvalue weighted by Gasteiger charge is 2.23. The standard InChI is InChI=1S/C17H20OS/c1-11-10-12(2)19-16(11)15(18)13-8-6-7-9-14(13)17(3,4)5/h6-10H,1-5H3. The maximum Gasteiger partial charge on any atom is 0.203 e. The lowest BCUT2D eigenvalue weighted by molar-refractivity contribution is 0.104. The van der Waals surface area contributed by atoms with Gasteiger partial charge in [-0.1, -0.05) is 45.0 Å². The van der Waals surface area contributed by atoms with Crippen molar-refractivity contribution in [3.8, 4) is 0 Å². The topological polar surface area (TPSA) is 17.1 Å². The van der Waals surface area contributed by atoms with Crippen LogP contribution in [-0.2, 0) is 5.41 Å². The Bertz CT molecular complexity index is 614. The van der Waals surface area contributed by atoms with E-state index in [1.165, 1.54) is 4.88 Å². The highest BCUT2D eigenvalue weighted by atomic mass is 32.1. The lowest BCUT2D eigenvalue weighted by Crippen LogP contribution is -2.17. The molecular weight excluding hydrogens is 252 g/mol. The molecule has 0 N–H and O–H groups in total. The zero-order valence-corrected chi connectivity index (χ0v) is 13.0. The highest BCUT2D eigenvalue weighted by Crippen LogP contribution is 2.30. The van der Waals surface area contributed by atoms with E-state index in [4.69, 9.17) is 0 Å². The van der Waals surface area contributed by atoms with Crippen molar-refractivity contribution < 1.29 is 4.79 Å². The van der Waals surface area contributed by atoms with Gasteiger partial charge >= 0.3 is 0 Å². The van der Waals surface area contributed by atoms with Crippen molar-refractivity contribution in [1.82, 2.24) is 0 Å². The Balaban J connectivity index is 2.54. The van der Waals surface area contributed by atoms with E-state index >= 15 is 0 Å². The van der Waals surface area contributed by atoms with Gasteiger partial charge in [-0.3, -0.25) is 4.79 Å². The summed E-state index contributed by atoms with van der Waals surface area (Å²) in [5.74, 6) is 0.154. The van der Waals surface area contributed by atoms with Crippen molar-refractivity contribution in [3.63, 3.8) is 0 Å². The molecule has 0 saturated carbocycles. The van der Waals surface area contributed by atoms with Crippen LogP contribution in [0.1, 0.15) is 52.0 Å². The molecule has 0 fully saturated rings. The molecular formula is C17H20OS. The molecule has 1 nitrogen and oxygen atoms in total. The number of carbonyl (C=O) groups is 1. The van der Waals surface area contributed by atoms with Gasteiger partial charge in [-0.2, -0.15) is 0 Å². The lowest BCUT2D eigenvalue weighted by Gasteiger charge is -2.22. The summed E-state index contributed by atoms with van der Waals surface area (Å²) in [5, 5.41) is 0. The molecule has 0 aliphatic heterocycles. The maximum atomic E-state index is 12.8. The molecule has 1 aromatic heterocycles. The number of hydrogen-bond acceptors (Lipinski definition) is 2. The molecule has 0 aliphatic rings. The van der Waals surface area contributed by atoms with Gasteiger partial charge in [0, 0.05) is 10.4 Å². The fraction of sp³-hybridized carbons (Fsp3) is 0.353. The number of benzene rings is 1. The number of aryl methyl sites for hydroxylation is 2. The summed E-state index contributed by atoms with van der Waals surface area (Å²) in [5.41, 5.74) is 3.01. The van der Waals surface area contributed by atoms with E-state index in [1.54, 1.807) is 11.3 Å². The van der Waals surface area contributed by atoms with E-state index in [0.29, 0.717) is 0 Å². The average Bonchev–Trinajstić information content (AvgIpc) is 2.66. The molecule has 0 radical (unpaired) electrons. The maximum absolute atomic E-state index is 12.8. The first-order chi connectivity index (χ1) is 8.80. The normalized spacial score (nSPS) is 11.6. The van der Waals surface area contributed by atoms with Crippen LogP contribution < -0.4 is 0 Å². The summed E-state index contributed by atoms with van der Waals surface area (Å²) in [6.07, 6.45) is 0. The quantitative estimate of drug-likeness (QED) is 0.711. The molecule has 0 unspecified atom stereocenters. The van der Waals surface area contributed by atoms with Crippen LogP contribution in [0.4, 0.5) is 0 Å². The largest absolute Gasteiger partial charge is 0.288 e. The SMILES string of the molecule is Cc1cc(C)c(C(=O)c2ccccc2C(C)(C)C)s1. The van der Waals surface area contributed by atoms with E-state index in [0.717, 1.165) is 21.6 Å². The Kier molecular flexibility index (Phi) is 3.64. The highest BCUT2D eigenvalue weighted by molar-refractivity contribution is 7.14. The van der Waals surface area contributed by atoms with Crippen molar-refractivity contribution in [2.75, 3.05) is 0 Å². The molecule has 2 aromatic rings. The van der Waals surface area contributed by atoms with E-state index in [9.17, 15) is 4.79 Å². The second-order valence-electron chi connectivity index (χ2n) is 5.99. The van der Waals surface area contributed by atoms with E-state index in [-0.39, 0.29) is 11.2 Å². The van der Waals surface area contributed by atoms with Crippen LogP contribution in [0.2, 0.25) is 0 Å². The van der Waals surface area contributed by atoms with Gasteiger partial charge in [0.25, 0.3) is 0 Å². The Labute approximate surface area is 119 Å². The van der Waals surface area contributed by atoms with Crippen molar-refractivity contribution >= 4 is 17.1 Å². The second-order valence-corrected chi connectivity index (χ2v) is 7.25. The molecule has 0 amide bonds. The van der Waals surface area contributed by atoms with Gasteiger partial charge in [-0.25, -0.2) is 0 Å². The first-order valence-corrected chi connectivity index (χ1v) is 7.33. The first kappa shape index (κ1) is 14.0. The van der Waals surface area contributed by atoms with Gasteiger partial charge in [-0.05, 0) is 36.5 Å². The Morgan fingerprint density at radius 2 is 1.74 bits per heavy atom. The van der Waals surface area contributed by atoms with Crippen LogP contribution in [0.5, 0.6) is 0 Å². The smallest absolute Gasteiger partial charge is 0.203 e.